The van der Waals surface area contributed by atoms with Crippen LogP contribution >= 0.6 is 11.6 Å². The minimum atomic E-state index is 0.139. The first-order valence-corrected chi connectivity index (χ1v) is 7.90. The van der Waals surface area contributed by atoms with E-state index in [-0.39, 0.29) is 11.7 Å². The number of rotatable bonds is 4. The summed E-state index contributed by atoms with van der Waals surface area (Å²) in [4.78, 5) is 12.8. The fourth-order valence-electron chi connectivity index (χ4n) is 3.07. The van der Waals surface area contributed by atoms with Crippen molar-refractivity contribution in [2.24, 2.45) is 5.92 Å². The van der Waals surface area contributed by atoms with E-state index in [9.17, 15) is 4.79 Å². The second-order valence-corrected chi connectivity index (χ2v) is 6.02. The van der Waals surface area contributed by atoms with Gasteiger partial charge in [-0.2, -0.15) is 0 Å². The van der Waals surface area contributed by atoms with Gasteiger partial charge in [0.05, 0.1) is 12.2 Å². The van der Waals surface area contributed by atoms with Gasteiger partial charge in [0.15, 0.2) is 5.78 Å². The number of benzene rings is 1. The van der Waals surface area contributed by atoms with Crippen LogP contribution in [0, 0.1) is 19.8 Å². The fraction of sp³-hybridized carbons (Fsp3) is 0.588. The van der Waals surface area contributed by atoms with E-state index in [0.29, 0.717) is 22.9 Å². The third kappa shape index (κ3) is 3.01. The molecule has 0 amide bonds. The summed E-state index contributed by atoms with van der Waals surface area (Å²) in [6.07, 6.45) is 5.54. The van der Waals surface area contributed by atoms with E-state index >= 15 is 0 Å². The van der Waals surface area contributed by atoms with Gasteiger partial charge < -0.3 is 4.74 Å². The van der Waals surface area contributed by atoms with Gasteiger partial charge in [-0.25, -0.2) is 0 Å². The maximum atomic E-state index is 12.8. The van der Waals surface area contributed by atoms with Crippen molar-refractivity contribution in [3.63, 3.8) is 0 Å². The number of aryl methyl sites for hydroxylation is 1. The monoisotopic (exact) mass is 294 g/mol. The molecule has 20 heavy (non-hydrogen) atoms. The van der Waals surface area contributed by atoms with Crippen LogP contribution in [-0.4, -0.2) is 12.4 Å². The molecule has 0 bridgehead atoms. The van der Waals surface area contributed by atoms with Gasteiger partial charge >= 0.3 is 0 Å². The number of Topliss-reactive ketones (excluding diaryl/α,β-unsaturated/α-hetero) is 1. The summed E-state index contributed by atoms with van der Waals surface area (Å²) >= 11 is 6.33. The van der Waals surface area contributed by atoms with Crippen LogP contribution in [0.4, 0.5) is 0 Å². The highest BCUT2D eigenvalue weighted by Crippen LogP contribution is 2.36. The summed E-state index contributed by atoms with van der Waals surface area (Å²) in [6, 6.07) is 1.90. The SMILES string of the molecule is CCOc1cc(C)c(Cl)c(C)c1C(=O)C1CCCCC1. The third-order valence-corrected chi connectivity index (χ3v) is 4.75. The predicted molar refractivity (Wildman–Crippen MR) is 83.0 cm³/mol. The topological polar surface area (TPSA) is 26.3 Å². The molecule has 0 N–H and O–H groups in total. The van der Waals surface area contributed by atoms with Crippen LogP contribution in [0.2, 0.25) is 5.02 Å². The first-order chi connectivity index (χ1) is 9.56. The van der Waals surface area contributed by atoms with Gasteiger partial charge in [0.1, 0.15) is 5.75 Å². The number of carbonyl (C=O) groups is 1. The molecule has 0 saturated heterocycles. The predicted octanol–water partition coefficient (Wildman–Crippen LogP) is 5.12. The van der Waals surface area contributed by atoms with Gasteiger partial charge in [-0.05, 0) is 50.8 Å². The van der Waals surface area contributed by atoms with Crippen LogP contribution in [0.15, 0.2) is 6.07 Å². The molecule has 1 aromatic rings. The Morgan fingerprint density at radius 2 is 1.95 bits per heavy atom. The van der Waals surface area contributed by atoms with Crippen LogP contribution < -0.4 is 4.74 Å². The Kier molecular flexibility index (Phi) is 5.09. The van der Waals surface area contributed by atoms with E-state index in [1.54, 1.807) is 0 Å². The smallest absolute Gasteiger partial charge is 0.169 e. The molecule has 1 aliphatic rings. The van der Waals surface area contributed by atoms with E-state index in [0.717, 1.165) is 36.8 Å². The molecule has 0 heterocycles. The number of hydrogen-bond donors (Lipinski definition) is 0. The molecule has 1 aliphatic carbocycles. The lowest BCUT2D eigenvalue weighted by molar-refractivity contribution is 0.0885. The molecule has 0 aliphatic heterocycles. The number of ether oxygens (including phenoxy) is 1. The molecule has 3 heteroatoms. The van der Waals surface area contributed by atoms with Crippen molar-refractivity contribution < 1.29 is 9.53 Å². The van der Waals surface area contributed by atoms with Crippen molar-refractivity contribution >= 4 is 17.4 Å². The van der Waals surface area contributed by atoms with Gasteiger partial charge in [0.25, 0.3) is 0 Å². The van der Waals surface area contributed by atoms with Crippen molar-refractivity contribution in [2.75, 3.05) is 6.61 Å². The molecule has 2 nitrogen and oxygen atoms in total. The van der Waals surface area contributed by atoms with Crippen molar-refractivity contribution in [1.82, 2.24) is 0 Å². The molecule has 0 radical (unpaired) electrons. The van der Waals surface area contributed by atoms with Gasteiger partial charge in [-0.15, -0.1) is 0 Å². The quantitative estimate of drug-likeness (QED) is 0.721. The molecule has 1 saturated carbocycles. The summed E-state index contributed by atoms with van der Waals surface area (Å²) in [5, 5.41) is 0.688. The lowest BCUT2D eigenvalue weighted by Gasteiger charge is -2.23. The summed E-state index contributed by atoms with van der Waals surface area (Å²) in [5.74, 6) is 1.05. The highest BCUT2D eigenvalue weighted by atomic mass is 35.5. The largest absolute Gasteiger partial charge is 0.493 e. The van der Waals surface area contributed by atoms with Crippen LogP contribution in [0.3, 0.4) is 0 Å². The molecule has 1 aromatic carbocycles. The minimum Gasteiger partial charge on any atom is -0.493 e. The standard InChI is InChI=1S/C17H23ClO2/c1-4-20-14-10-11(2)16(18)12(3)15(14)17(19)13-8-6-5-7-9-13/h10,13H,4-9H2,1-3H3. The molecular weight excluding hydrogens is 272 g/mol. The minimum absolute atomic E-state index is 0.139. The Morgan fingerprint density at radius 3 is 2.55 bits per heavy atom. The lowest BCUT2D eigenvalue weighted by atomic mass is 9.82. The number of ketones is 1. The highest BCUT2D eigenvalue weighted by Gasteiger charge is 2.27. The maximum absolute atomic E-state index is 12.8. The van der Waals surface area contributed by atoms with Crippen molar-refractivity contribution in [3.05, 3.63) is 27.8 Å². The van der Waals surface area contributed by atoms with Gasteiger partial charge in [0.2, 0.25) is 0 Å². The molecule has 0 aromatic heterocycles. The molecule has 0 unspecified atom stereocenters. The fourth-order valence-corrected chi connectivity index (χ4v) is 3.22. The normalized spacial score (nSPS) is 16.2. The average Bonchev–Trinajstić information content (AvgIpc) is 2.46. The Hall–Kier alpha value is -1.02. The van der Waals surface area contributed by atoms with E-state index in [1.165, 1.54) is 6.42 Å². The van der Waals surface area contributed by atoms with Crippen molar-refractivity contribution in [1.29, 1.82) is 0 Å². The van der Waals surface area contributed by atoms with Crippen molar-refractivity contribution in [3.8, 4) is 5.75 Å². The van der Waals surface area contributed by atoms with Crippen LogP contribution in [0.5, 0.6) is 5.75 Å². The third-order valence-electron chi connectivity index (χ3n) is 4.17. The lowest BCUT2D eigenvalue weighted by Crippen LogP contribution is -2.20. The van der Waals surface area contributed by atoms with Gasteiger partial charge in [-0.1, -0.05) is 30.9 Å². The zero-order valence-corrected chi connectivity index (χ0v) is 13.3. The number of hydrogen-bond acceptors (Lipinski definition) is 2. The molecule has 110 valence electrons. The van der Waals surface area contributed by atoms with Crippen LogP contribution in [-0.2, 0) is 0 Å². The molecule has 0 atom stereocenters. The maximum Gasteiger partial charge on any atom is 0.169 e. The zero-order chi connectivity index (χ0) is 14.7. The zero-order valence-electron chi connectivity index (χ0n) is 12.6. The number of carbonyl (C=O) groups excluding carboxylic acids is 1. The second-order valence-electron chi connectivity index (χ2n) is 5.64. The summed E-state index contributed by atoms with van der Waals surface area (Å²) in [6.45, 7) is 6.38. The molecule has 1 fully saturated rings. The first kappa shape index (κ1) is 15.4. The first-order valence-electron chi connectivity index (χ1n) is 7.53. The van der Waals surface area contributed by atoms with Crippen LogP contribution in [0.1, 0.15) is 60.5 Å². The van der Waals surface area contributed by atoms with E-state index in [1.807, 2.05) is 26.8 Å². The summed E-state index contributed by atoms with van der Waals surface area (Å²) in [7, 11) is 0. The highest BCUT2D eigenvalue weighted by molar-refractivity contribution is 6.32. The van der Waals surface area contributed by atoms with Gasteiger partial charge in [-0.3, -0.25) is 4.79 Å². The number of halogens is 1. The average molecular weight is 295 g/mol. The molecule has 0 spiro atoms. The van der Waals surface area contributed by atoms with Crippen molar-refractivity contribution in [2.45, 2.75) is 52.9 Å². The Labute approximate surface area is 126 Å². The Balaban J connectivity index is 2.42. The Morgan fingerprint density at radius 1 is 1.30 bits per heavy atom. The van der Waals surface area contributed by atoms with Gasteiger partial charge in [0, 0.05) is 10.9 Å². The summed E-state index contributed by atoms with van der Waals surface area (Å²) in [5.41, 5.74) is 2.54. The van der Waals surface area contributed by atoms with E-state index < -0.39 is 0 Å². The molecular formula is C17H23ClO2. The summed E-state index contributed by atoms with van der Waals surface area (Å²) < 4.78 is 5.69. The second kappa shape index (κ2) is 6.62. The van der Waals surface area contributed by atoms with E-state index in [4.69, 9.17) is 16.3 Å². The van der Waals surface area contributed by atoms with Crippen LogP contribution in [0.25, 0.3) is 0 Å². The molecule has 2 rings (SSSR count). The Bertz CT molecular complexity index is 502. The van der Waals surface area contributed by atoms with E-state index in [2.05, 4.69) is 0 Å².